The van der Waals surface area contributed by atoms with Crippen LogP contribution in [0.1, 0.15) is 11.7 Å². The Labute approximate surface area is 161 Å². The maximum Gasteiger partial charge on any atom is 0.145 e. The standard InChI is InChI=1S/C24H17N3O/c28-21-14-13-15-7-1-2-8-16(15)22(21)24-25-18-10-4-3-9-17(18)23-26-19-11-5-6-12-20(19)27(23)24/h1-14,24-25,28H. The first kappa shape index (κ1) is 15.3. The zero-order valence-electron chi connectivity index (χ0n) is 15.0. The van der Waals surface area contributed by atoms with Gasteiger partial charge in [0, 0.05) is 16.8 Å². The second-order valence-corrected chi connectivity index (χ2v) is 7.11. The van der Waals surface area contributed by atoms with Crippen LogP contribution in [0.15, 0.2) is 84.9 Å². The van der Waals surface area contributed by atoms with E-state index in [0.29, 0.717) is 0 Å². The molecule has 4 nitrogen and oxygen atoms in total. The van der Waals surface area contributed by atoms with E-state index >= 15 is 0 Å². The van der Waals surface area contributed by atoms with E-state index in [1.807, 2.05) is 48.5 Å². The molecule has 2 N–H and O–H groups in total. The van der Waals surface area contributed by atoms with Crippen LogP contribution in [0.25, 0.3) is 33.2 Å². The lowest BCUT2D eigenvalue weighted by Crippen LogP contribution is -2.25. The summed E-state index contributed by atoms with van der Waals surface area (Å²) in [5.41, 5.74) is 4.92. The van der Waals surface area contributed by atoms with Crippen LogP contribution in [0.2, 0.25) is 0 Å². The summed E-state index contributed by atoms with van der Waals surface area (Å²) in [5, 5.41) is 16.6. The number of imidazole rings is 1. The minimum Gasteiger partial charge on any atom is -0.507 e. The summed E-state index contributed by atoms with van der Waals surface area (Å²) in [6, 6.07) is 28.2. The molecule has 0 saturated heterocycles. The zero-order chi connectivity index (χ0) is 18.7. The number of aromatic nitrogens is 2. The number of phenolic OH excluding ortho intramolecular Hbond substituents is 1. The first-order chi connectivity index (χ1) is 13.8. The molecule has 134 valence electrons. The van der Waals surface area contributed by atoms with Gasteiger partial charge >= 0.3 is 0 Å². The number of para-hydroxylation sites is 3. The fourth-order valence-corrected chi connectivity index (χ4v) is 4.28. The molecule has 1 aromatic heterocycles. The highest BCUT2D eigenvalue weighted by molar-refractivity contribution is 5.91. The number of hydrogen-bond acceptors (Lipinski definition) is 3. The molecular formula is C24H17N3O. The van der Waals surface area contributed by atoms with E-state index in [0.717, 1.165) is 44.4 Å². The van der Waals surface area contributed by atoms with Crippen LogP contribution >= 0.6 is 0 Å². The molecular weight excluding hydrogens is 346 g/mol. The molecule has 1 unspecified atom stereocenters. The number of phenols is 1. The average molecular weight is 363 g/mol. The minimum atomic E-state index is -0.261. The molecule has 0 spiro atoms. The molecule has 5 aromatic rings. The van der Waals surface area contributed by atoms with Crippen molar-refractivity contribution in [3.63, 3.8) is 0 Å². The monoisotopic (exact) mass is 363 g/mol. The molecule has 0 saturated carbocycles. The van der Waals surface area contributed by atoms with Gasteiger partial charge in [-0.15, -0.1) is 0 Å². The maximum absolute atomic E-state index is 10.9. The molecule has 0 amide bonds. The summed E-state index contributed by atoms with van der Waals surface area (Å²) in [6.45, 7) is 0. The number of benzene rings is 4. The smallest absolute Gasteiger partial charge is 0.145 e. The average Bonchev–Trinajstić information content (AvgIpc) is 3.13. The summed E-state index contributed by atoms with van der Waals surface area (Å²) in [6.07, 6.45) is -0.261. The predicted octanol–water partition coefficient (Wildman–Crippen LogP) is 5.53. The van der Waals surface area contributed by atoms with Gasteiger partial charge < -0.3 is 10.4 Å². The lowest BCUT2D eigenvalue weighted by atomic mass is 9.98. The van der Waals surface area contributed by atoms with Crippen molar-refractivity contribution in [2.75, 3.05) is 5.32 Å². The molecule has 0 fully saturated rings. The van der Waals surface area contributed by atoms with Crippen LogP contribution in [-0.4, -0.2) is 14.7 Å². The second-order valence-electron chi connectivity index (χ2n) is 7.11. The number of fused-ring (bicyclic) bond motifs is 6. The van der Waals surface area contributed by atoms with Gasteiger partial charge in [-0.3, -0.25) is 4.57 Å². The molecule has 0 bridgehead atoms. The number of anilines is 1. The Balaban J connectivity index is 1.73. The highest BCUT2D eigenvalue weighted by Crippen LogP contribution is 2.44. The van der Waals surface area contributed by atoms with Crippen LogP contribution in [0.3, 0.4) is 0 Å². The molecule has 0 radical (unpaired) electrons. The summed E-state index contributed by atoms with van der Waals surface area (Å²) < 4.78 is 2.19. The largest absolute Gasteiger partial charge is 0.507 e. The van der Waals surface area contributed by atoms with Crippen molar-refractivity contribution in [2.24, 2.45) is 0 Å². The Kier molecular flexibility index (Phi) is 3.06. The Morgan fingerprint density at radius 1 is 0.821 bits per heavy atom. The SMILES string of the molecule is Oc1ccc2ccccc2c1C1Nc2ccccc2-c2nc3ccccc3n21. The normalized spacial score (nSPS) is 15.2. The third-order valence-electron chi connectivity index (χ3n) is 5.54. The topological polar surface area (TPSA) is 50.1 Å². The van der Waals surface area contributed by atoms with Crippen LogP contribution in [0.4, 0.5) is 5.69 Å². The summed E-state index contributed by atoms with van der Waals surface area (Å²) in [5.74, 6) is 1.19. The summed E-state index contributed by atoms with van der Waals surface area (Å²) in [4.78, 5) is 4.92. The van der Waals surface area contributed by atoms with Crippen molar-refractivity contribution in [1.82, 2.24) is 9.55 Å². The number of rotatable bonds is 1. The van der Waals surface area contributed by atoms with E-state index in [2.05, 4.69) is 40.2 Å². The van der Waals surface area contributed by atoms with Gasteiger partial charge in [0.15, 0.2) is 0 Å². The molecule has 4 heteroatoms. The van der Waals surface area contributed by atoms with Crippen molar-refractivity contribution >= 4 is 27.5 Å². The first-order valence-electron chi connectivity index (χ1n) is 9.35. The molecule has 6 rings (SSSR count). The van der Waals surface area contributed by atoms with Crippen molar-refractivity contribution in [3.8, 4) is 17.1 Å². The lowest BCUT2D eigenvalue weighted by Gasteiger charge is -2.31. The van der Waals surface area contributed by atoms with E-state index in [9.17, 15) is 5.11 Å². The molecule has 2 heterocycles. The van der Waals surface area contributed by atoms with Crippen LogP contribution < -0.4 is 5.32 Å². The van der Waals surface area contributed by atoms with Gasteiger partial charge in [0.2, 0.25) is 0 Å². The van der Waals surface area contributed by atoms with Crippen molar-refractivity contribution in [2.45, 2.75) is 6.17 Å². The lowest BCUT2D eigenvalue weighted by molar-refractivity contribution is 0.461. The van der Waals surface area contributed by atoms with Gasteiger partial charge in [0.25, 0.3) is 0 Å². The highest BCUT2D eigenvalue weighted by atomic mass is 16.3. The first-order valence-corrected chi connectivity index (χ1v) is 9.35. The Hall–Kier alpha value is -3.79. The maximum atomic E-state index is 10.9. The third-order valence-corrected chi connectivity index (χ3v) is 5.54. The van der Waals surface area contributed by atoms with Crippen LogP contribution in [0.5, 0.6) is 5.75 Å². The van der Waals surface area contributed by atoms with E-state index < -0.39 is 0 Å². The molecule has 1 atom stereocenters. The summed E-state index contributed by atoms with van der Waals surface area (Å²) in [7, 11) is 0. The third kappa shape index (κ3) is 2.03. The van der Waals surface area contributed by atoms with E-state index in [1.54, 1.807) is 6.07 Å². The van der Waals surface area contributed by atoms with Crippen LogP contribution in [-0.2, 0) is 0 Å². The van der Waals surface area contributed by atoms with Crippen molar-refractivity contribution in [3.05, 3.63) is 90.5 Å². The van der Waals surface area contributed by atoms with Gasteiger partial charge in [0.05, 0.1) is 11.0 Å². The Bertz CT molecular complexity index is 1370. The molecule has 4 aromatic carbocycles. The van der Waals surface area contributed by atoms with Gasteiger partial charge in [-0.25, -0.2) is 4.98 Å². The Morgan fingerprint density at radius 3 is 2.57 bits per heavy atom. The van der Waals surface area contributed by atoms with E-state index in [1.165, 1.54) is 0 Å². The van der Waals surface area contributed by atoms with Crippen LogP contribution in [0, 0.1) is 0 Å². The molecule has 1 aliphatic rings. The number of nitrogens with one attached hydrogen (secondary N) is 1. The second kappa shape index (κ2) is 5.60. The van der Waals surface area contributed by atoms with Crippen molar-refractivity contribution in [1.29, 1.82) is 0 Å². The molecule has 1 aliphatic heterocycles. The zero-order valence-corrected chi connectivity index (χ0v) is 15.0. The van der Waals surface area contributed by atoms with E-state index in [-0.39, 0.29) is 11.9 Å². The molecule has 28 heavy (non-hydrogen) atoms. The fourth-order valence-electron chi connectivity index (χ4n) is 4.28. The summed E-state index contributed by atoms with van der Waals surface area (Å²) >= 11 is 0. The quantitative estimate of drug-likeness (QED) is 0.411. The van der Waals surface area contributed by atoms with Gasteiger partial charge in [-0.1, -0.05) is 54.6 Å². The Morgan fingerprint density at radius 2 is 1.61 bits per heavy atom. The highest BCUT2D eigenvalue weighted by Gasteiger charge is 2.30. The van der Waals surface area contributed by atoms with E-state index in [4.69, 9.17) is 4.98 Å². The minimum absolute atomic E-state index is 0.261. The fraction of sp³-hybridized carbons (Fsp3) is 0.0417. The number of hydrogen-bond donors (Lipinski definition) is 2. The van der Waals surface area contributed by atoms with Crippen molar-refractivity contribution < 1.29 is 5.11 Å². The number of aromatic hydroxyl groups is 1. The molecule has 0 aliphatic carbocycles. The van der Waals surface area contributed by atoms with Gasteiger partial charge in [-0.2, -0.15) is 0 Å². The number of nitrogens with zero attached hydrogens (tertiary/aromatic N) is 2. The van der Waals surface area contributed by atoms with Gasteiger partial charge in [0.1, 0.15) is 17.7 Å². The predicted molar refractivity (Wildman–Crippen MR) is 113 cm³/mol. The van der Waals surface area contributed by atoms with Gasteiger partial charge in [-0.05, 0) is 41.1 Å².